The van der Waals surface area contributed by atoms with Gasteiger partial charge in [-0.15, -0.1) is 0 Å². The fourth-order valence-electron chi connectivity index (χ4n) is 2.77. The average Bonchev–Trinajstić information content (AvgIpc) is 2.46. The Bertz CT molecular complexity index is 797. The van der Waals surface area contributed by atoms with E-state index >= 15 is 0 Å². The first-order chi connectivity index (χ1) is 8.93. The van der Waals surface area contributed by atoms with Crippen LogP contribution in [0.15, 0.2) is 72.8 Å². The molecule has 18 heavy (non-hydrogen) atoms. The van der Waals surface area contributed by atoms with Crippen molar-refractivity contribution in [3.8, 4) is 0 Å². The van der Waals surface area contributed by atoms with Crippen molar-refractivity contribution in [3.63, 3.8) is 0 Å². The van der Waals surface area contributed by atoms with Crippen molar-refractivity contribution in [2.75, 3.05) is 0 Å². The van der Waals surface area contributed by atoms with Gasteiger partial charge in [0, 0.05) is 0 Å². The molecule has 0 aromatic heterocycles. The SMILES string of the molecule is c1ccc2c(c1)ccc1c3ccccc3ccc21. The maximum absolute atomic E-state index is 2.24. The van der Waals surface area contributed by atoms with E-state index < -0.39 is 0 Å². The van der Waals surface area contributed by atoms with Gasteiger partial charge in [0.2, 0.25) is 0 Å². The smallest absolute Gasteiger partial charge is 0.00990 e. The predicted molar refractivity (Wildman–Crippen MR) is 79.0 cm³/mol. The lowest BCUT2D eigenvalue weighted by atomic mass is 9.97. The summed E-state index contributed by atoms with van der Waals surface area (Å²) >= 11 is 0. The third-order valence-electron chi connectivity index (χ3n) is 3.65. The van der Waals surface area contributed by atoms with Gasteiger partial charge in [-0.05, 0) is 32.3 Å². The first kappa shape index (κ1) is 9.67. The number of hydrogen-bond donors (Lipinski definition) is 0. The van der Waals surface area contributed by atoms with E-state index in [0.717, 1.165) is 0 Å². The van der Waals surface area contributed by atoms with Crippen molar-refractivity contribution in [1.82, 2.24) is 0 Å². The molecule has 0 aliphatic rings. The molecular formula is C18H12. The van der Waals surface area contributed by atoms with Crippen LogP contribution < -0.4 is 0 Å². The van der Waals surface area contributed by atoms with Crippen LogP contribution in [-0.4, -0.2) is 0 Å². The second kappa shape index (κ2) is 3.58. The zero-order chi connectivity index (χ0) is 11.9. The monoisotopic (exact) mass is 228 g/mol. The van der Waals surface area contributed by atoms with Crippen LogP contribution in [0.1, 0.15) is 0 Å². The summed E-state index contributed by atoms with van der Waals surface area (Å²) in [5.74, 6) is 0. The van der Waals surface area contributed by atoms with E-state index in [1.165, 1.54) is 32.3 Å². The van der Waals surface area contributed by atoms with Crippen molar-refractivity contribution in [1.29, 1.82) is 0 Å². The largest absolute Gasteiger partial charge is 0.0616 e. The Morgan fingerprint density at radius 2 is 0.778 bits per heavy atom. The summed E-state index contributed by atoms with van der Waals surface area (Å²) < 4.78 is 0. The summed E-state index contributed by atoms with van der Waals surface area (Å²) in [6, 6.07) is 26.0. The molecule has 0 fully saturated rings. The van der Waals surface area contributed by atoms with Crippen molar-refractivity contribution >= 4 is 32.3 Å². The fourth-order valence-corrected chi connectivity index (χ4v) is 2.77. The topological polar surface area (TPSA) is 0 Å². The average molecular weight is 228 g/mol. The molecular weight excluding hydrogens is 216 g/mol. The zero-order valence-corrected chi connectivity index (χ0v) is 9.93. The first-order valence-electron chi connectivity index (χ1n) is 6.23. The number of hydrogen-bond acceptors (Lipinski definition) is 0. The molecule has 4 aromatic carbocycles. The minimum Gasteiger partial charge on any atom is -0.0616 e. The molecule has 4 rings (SSSR count). The molecule has 0 amide bonds. The van der Waals surface area contributed by atoms with E-state index in [2.05, 4.69) is 72.8 Å². The summed E-state index contributed by atoms with van der Waals surface area (Å²) in [6.07, 6.45) is 0. The highest BCUT2D eigenvalue weighted by molar-refractivity contribution is 6.17. The first-order valence-corrected chi connectivity index (χ1v) is 6.23. The molecule has 0 aliphatic heterocycles. The van der Waals surface area contributed by atoms with Crippen molar-refractivity contribution in [3.05, 3.63) is 72.8 Å². The van der Waals surface area contributed by atoms with Crippen LogP contribution in [0.4, 0.5) is 0 Å². The van der Waals surface area contributed by atoms with E-state index in [1.54, 1.807) is 0 Å². The molecule has 0 saturated heterocycles. The summed E-state index contributed by atoms with van der Waals surface area (Å²) in [7, 11) is 0. The van der Waals surface area contributed by atoms with E-state index in [9.17, 15) is 0 Å². The van der Waals surface area contributed by atoms with E-state index in [4.69, 9.17) is 0 Å². The third-order valence-corrected chi connectivity index (χ3v) is 3.65. The van der Waals surface area contributed by atoms with Gasteiger partial charge in [-0.1, -0.05) is 72.8 Å². The molecule has 84 valence electrons. The molecule has 0 unspecified atom stereocenters. The van der Waals surface area contributed by atoms with Crippen LogP contribution in [0.25, 0.3) is 32.3 Å². The molecule has 0 radical (unpaired) electrons. The van der Waals surface area contributed by atoms with Crippen molar-refractivity contribution in [2.24, 2.45) is 0 Å². The zero-order valence-electron chi connectivity index (χ0n) is 9.93. The molecule has 0 saturated carbocycles. The number of benzene rings is 4. The lowest BCUT2D eigenvalue weighted by molar-refractivity contribution is 1.77. The molecule has 0 nitrogen and oxygen atoms in total. The van der Waals surface area contributed by atoms with Crippen LogP contribution in [-0.2, 0) is 0 Å². The molecule has 4 aromatic rings. The highest BCUT2D eigenvalue weighted by Crippen LogP contribution is 2.30. The van der Waals surface area contributed by atoms with E-state index in [-0.39, 0.29) is 0 Å². The number of rotatable bonds is 0. The Labute approximate surface area is 105 Å². The third kappa shape index (κ3) is 1.26. The van der Waals surface area contributed by atoms with Gasteiger partial charge in [-0.2, -0.15) is 0 Å². The van der Waals surface area contributed by atoms with Gasteiger partial charge in [0.1, 0.15) is 0 Å². The Hall–Kier alpha value is -2.34. The van der Waals surface area contributed by atoms with Crippen LogP contribution in [0.2, 0.25) is 0 Å². The van der Waals surface area contributed by atoms with Crippen molar-refractivity contribution < 1.29 is 0 Å². The van der Waals surface area contributed by atoms with E-state index in [0.29, 0.717) is 0 Å². The van der Waals surface area contributed by atoms with Gasteiger partial charge in [-0.3, -0.25) is 0 Å². The molecule has 0 heteroatoms. The second-order valence-electron chi connectivity index (χ2n) is 4.67. The minimum atomic E-state index is 1.31. The van der Waals surface area contributed by atoms with Crippen LogP contribution >= 0.6 is 0 Å². The summed E-state index contributed by atoms with van der Waals surface area (Å²) in [6.45, 7) is 0. The van der Waals surface area contributed by atoms with Gasteiger partial charge < -0.3 is 0 Å². The van der Waals surface area contributed by atoms with Gasteiger partial charge in [0.05, 0.1) is 0 Å². The quantitative estimate of drug-likeness (QED) is 0.365. The number of fused-ring (bicyclic) bond motifs is 5. The summed E-state index contributed by atoms with van der Waals surface area (Å²) in [5, 5.41) is 7.96. The minimum absolute atomic E-state index is 1.31. The fraction of sp³-hybridized carbons (Fsp3) is 0. The van der Waals surface area contributed by atoms with Crippen molar-refractivity contribution in [2.45, 2.75) is 0 Å². The van der Waals surface area contributed by atoms with Gasteiger partial charge in [0.15, 0.2) is 0 Å². The molecule has 0 bridgehead atoms. The lowest BCUT2D eigenvalue weighted by Crippen LogP contribution is -1.79. The van der Waals surface area contributed by atoms with Gasteiger partial charge in [0.25, 0.3) is 0 Å². The van der Waals surface area contributed by atoms with Crippen LogP contribution in [0.3, 0.4) is 0 Å². The summed E-state index contributed by atoms with van der Waals surface area (Å²) in [4.78, 5) is 0. The molecule has 0 heterocycles. The lowest BCUT2D eigenvalue weighted by Gasteiger charge is -2.07. The Morgan fingerprint density at radius 1 is 0.333 bits per heavy atom. The predicted octanol–water partition coefficient (Wildman–Crippen LogP) is 5.15. The summed E-state index contributed by atoms with van der Waals surface area (Å²) in [5.41, 5.74) is 0. The maximum atomic E-state index is 2.24. The standard InChI is InChI=1S/C18H12/c1-3-7-15-13(5-1)9-11-18-16-8-4-2-6-14(16)10-12-17(15)18/h1-12H. The van der Waals surface area contributed by atoms with Gasteiger partial charge >= 0.3 is 0 Å². The van der Waals surface area contributed by atoms with Crippen LogP contribution in [0, 0.1) is 0 Å². The molecule has 0 aliphatic carbocycles. The normalized spacial score (nSPS) is 11.3. The molecule has 0 spiro atoms. The Balaban J connectivity index is 2.31. The highest BCUT2D eigenvalue weighted by atomic mass is 14.1. The molecule has 0 N–H and O–H groups in total. The Morgan fingerprint density at radius 3 is 1.28 bits per heavy atom. The Kier molecular flexibility index (Phi) is 1.92. The van der Waals surface area contributed by atoms with Gasteiger partial charge in [-0.25, -0.2) is 0 Å². The van der Waals surface area contributed by atoms with E-state index in [1.807, 2.05) is 0 Å². The van der Waals surface area contributed by atoms with Crippen LogP contribution in [0.5, 0.6) is 0 Å². The molecule has 0 atom stereocenters. The second-order valence-corrected chi connectivity index (χ2v) is 4.67. The maximum Gasteiger partial charge on any atom is -0.00990 e. The highest BCUT2D eigenvalue weighted by Gasteiger charge is 2.03.